The van der Waals surface area contributed by atoms with E-state index in [1.807, 2.05) is 20.8 Å². The van der Waals surface area contributed by atoms with Crippen molar-refractivity contribution in [1.82, 2.24) is 9.88 Å². The topological polar surface area (TPSA) is 116 Å². The molecule has 1 aromatic heterocycles. The Bertz CT molecular complexity index is 1280. The van der Waals surface area contributed by atoms with Crippen molar-refractivity contribution in [3.8, 4) is 23.1 Å². The first kappa shape index (κ1) is 25.7. The minimum atomic E-state index is -0.695. The van der Waals surface area contributed by atoms with Crippen molar-refractivity contribution in [2.75, 3.05) is 18.4 Å². The van der Waals surface area contributed by atoms with Gasteiger partial charge in [-0.3, -0.25) is 4.79 Å². The van der Waals surface area contributed by atoms with Crippen molar-refractivity contribution >= 4 is 17.7 Å². The number of primary amides is 1. The number of halogens is 1. The lowest BCUT2D eigenvalue weighted by Crippen LogP contribution is -2.36. The Morgan fingerprint density at radius 3 is 2.41 bits per heavy atom. The van der Waals surface area contributed by atoms with Crippen LogP contribution in [0.3, 0.4) is 0 Å². The molecule has 1 fully saturated rings. The Morgan fingerprint density at radius 2 is 1.76 bits per heavy atom. The number of hydrogen-bond acceptors (Lipinski definition) is 7. The average molecular weight is 509 g/mol. The van der Waals surface area contributed by atoms with Crippen molar-refractivity contribution in [3.63, 3.8) is 0 Å². The summed E-state index contributed by atoms with van der Waals surface area (Å²) in [6.45, 7) is 6.50. The molecule has 37 heavy (non-hydrogen) atoms. The normalized spacial score (nSPS) is 15.2. The molecule has 0 radical (unpaired) electrons. The molecule has 4 rings (SSSR count). The third-order valence-electron chi connectivity index (χ3n) is 5.40. The number of amides is 2. The van der Waals surface area contributed by atoms with E-state index in [1.165, 1.54) is 12.1 Å². The molecule has 9 nitrogen and oxygen atoms in total. The van der Waals surface area contributed by atoms with E-state index < -0.39 is 17.3 Å². The van der Waals surface area contributed by atoms with Crippen molar-refractivity contribution in [3.05, 3.63) is 72.2 Å². The molecule has 0 bridgehead atoms. The van der Waals surface area contributed by atoms with Crippen molar-refractivity contribution in [2.45, 2.75) is 38.8 Å². The molecule has 0 saturated carbocycles. The third-order valence-corrected chi connectivity index (χ3v) is 5.40. The van der Waals surface area contributed by atoms with Crippen LogP contribution in [0.1, 0.15) is 37.6 Å². The fourth-order valence-electron chi connectivity index (χ4n) is 3.75. The molecule has 0 spiro atoms. The van der Waals surface area contributed by atoms with Crippen LogP contribution in [0.15, 0.2) is 60.8 Å². The number of carbonyl (C=O) groups is 2. The Hall–Kier alpha value is -4.34. The molecule has 1 unspecified atom stereocenters. The van der Waals surface area contributed by atoms with Gasteiger partial charge in [-0.1, -0.05) is 6.07 Å². The molecule has 0 aliphatic carbocycles. The first-order valence-electron chi connectivity index (χ1n) is 11.8. The highest BCUT2D eigenvalue weighted by atomic mass is 19.1. The van der Waals surface area contributed by atoms with Crippen molar-refractivity contribution in [1.29, 1.82) is 0 Å². The summed E-state index contributed by atoms with van der Waals surface area (Å²) in [7, 11) is 0. The molecule has 1 saturated heterocycles. The number of nitrogens with one attached hydrogen (secondary N) is 1. The number of pyridine rings is 1. The zero-order chi connectivity index (χ0) is 26.6. The summed E-state index contributed by atoms with van der Waals surface area (Å²) in [4.78, 5) is 30.3. The lowest BCUT2D eigenvalue weighted by Gasteiger charge is -2.24. The predicted octanol–water partition coefficient (Wildman–Crippen LogP) is 5.33. The lowest BCUT2D eigenvalue weighted by atomic mass is 10.2. The molecule has 2 aromatic carbocycles. The van der Waals surface area contributed by atoms with Crippen LogP contribution in [0.25, 0.3) is 0 Å². The lowest BCUT2D eigenvalue weighted by molar-refractivity contribution is 0.0293. The second-order valence-corrected chi connectivity index (χ2v) is 9.63. The van der Waals surface area contributed by atoms with Crippen LogP contribution in [0.5, 0.6) is 23.1 Å². The number of aromatic nitrogens is 1. The second kappa shape index (κ2) is 10.7. The Morgan fingerprint density at radius 1 is 1.05 bits per heavy atom. The maximum atomic E-state index is 13.4. The number of carbonyl (C=O) groups excluding carboxylic acids is 2. The van der Waals surface area contributed by atoms with Gasteiger partial charge in [0.25, 0.3) is 5.91 Å². The van der Waals surface area contributed by atoms with Crippen LogP contribution in [-0.2, 0) is 4.74 Å². The van der Waals surface area contributed by atoms with Crippen LogP contribution in [-0.4, -0.2) is 46.6 Å². The number of ether oxygens (including phenoxy) is 3. The summed E-state index contributed by atoms with van der Waals surface area (Å²) in [6.07, 6.45) is 1.90. The van der Waals surface area contributed by atoms with Gasteiger partial charge in [0.15, 0.2) is 0 Å². The van der Waals surface area contributed by atoms with Gasteiger partial charge in [0.05, 0.1) is 11.9 Å². The maximum Gasteiger partial charge on any atom is 0.410 e. The van der Waals surface area contributed by atoms with E-state index >= 15 is 0 Å². The van der Waals surface area contributed by atoms with Gasteiger partial charge >= 0.3 is 6.09 Å². The van der Waals surface area contributed by atoms with Crippen LogP contribution >= 0.6 is 0 Å². The monoisotopic (exact) mass is 508 g/mol. The Kier molecular flexibility index (Phi) is 7.47. The number of benzene rings is 2. The quantitative estimate of drug-likeness (QED) is 0.443. The summed E-state index contributed by atoms with van der Waals surface area (Å²) >= 11 is 0. The molecule has 1 atom stereocenters. The van der Waals surface area contributed by atoms with Crippen molar-refractivity contribution in [2.24, 2.45) is 5.73 Å². The molecule has 1 aliphatic rings. The average Bonchev–Trinajstić information content (AvgIpc) is 3.29. The molecular formula is C27H29FN4O5. The highest BCUT2D eigenvalue weighted by Crippen LogP contribution is 2.29. The zero-order valence-electron chi connectivity index (χ0n) is 20.9. The smallest absolute Gasteiger partial charge is 0.410 e. The van der Waals surface area contributed by atoms with E-state index in [-0.39, 0.29) is 23.6 Å². The Balaban J connectivity index is 1.39. The van der Waals surface area contributed by atoms with Gasteiger partial charge in [0.1, 0.15) is 34.2 Å². The van der Waals surface area contributed by atoms with Gasteiger partial charge in [-0.25, -0.2) is 14.2 Å². The van der Waals surface area contributed by atoms with Crippen LogP contribution in [0.2, 0.25) is 0 Å². The number of nitrogens with zero attached hydrogens (tertiary/aromatic N) is 2. The van der Waals surface area contributed by atoms with Crippen LogP contribution in [0.4, 0.5) is 14.9 Å². The van der Waals surface area contributed by atoms with Gasteiger partial charge < -0.3 is 30.2 Å². The SMILES string of the molecule is CC(C)(C)OC(=O)N1CCC(Nc2cnc(Oc3ccc(Oc4cccc(F)c4)cc3)c(C(N)=O)c2)C1. The van der Waals surface area contributed by atoms with E-state index in [0.717, 1.165) is 0 Å². The molecule has 3 aromatic rings. The summed E-state index contributed by atoms with van der Waals surface area (Å²) in [5.41, 5.74) is 5.70. The molecule has 194 valence electrons. The molecule has 1 aliphatic heterocycles. The third kappa shape index (κ3) is 7.09. The molecule has 2 amide bonds. The summed E-state index contributed by atoms with van der Waals surface area (Å²) in [5.74, 6) is 0.223. The van der Waals surface area contributed by atoms with Crippen LogP contribution in [0, 0.1) is 5.82 Å². The maximum absolute atomic E-state index is 13.4. The van der Waals surface area contributed by atoms with Gasteiger partial charge in [-0.05, 0) is 69.7 Å². The molecule has 10 heteroatoms. The first-order valence-corrected chi connectivity index (χ1v) is 11.8. The molecule has 2 heterocycles. The van der Waals surface area contributed by atoms with E-state index in [1.54, 1.807) is 53.6 Å². The number of rotatable bonds is 7. The van der Waals surface area contributed by atoms with E-state index in [4.69, 9.17) is 19.9 Å². The fourth-order valence-corrected chi connectivity index (χ4v) is 3.75. The largest absolute Gasteiger partial charge is 0.457 e. The second-order valence-electron chi connectivity index (χ2n) is 9.63. The Labute approximate surface area is 214 Å². The molecular weight excluding hydrogens is 479 g/mol. The summed E-state index contributed by atoms with van der Waals surface area (Å²) in [6, 6.07) is 13.9. The van der Waals surface area contributed by atoms with E-state index in [0.29, 0.717) is 42.4 Å². The molecule has 3 N–H and O–H groups in total. The number of anilines is 1. The predicted molar refractivity (Wildman–Crippen MR) is 136 cm³/mol. The standard InChI is InChI=1S/C27H29FN4O5/c1-27(2,3)37-26(34)32-12-11-18(16-32)31-19-14-23(24(29)33)25(30-15-19)36-21-9-7-20(8-10-21)35-22-6-4-5-17(28)13-22/h4-10,13-15,18,31H,11-12,16H2,1-3H3,(H2,29,33). The minimum absolute atomic E-state index is 0.0348. The van der Waals surface area contributed by atoms with E-state index in [9.17, 15) is 14.0 Å². The number of nitrogens with two attached hydrogens (primary N) is 1. The minimum Gasteiger partial charge on any atom is -0.457 e. The van der Waals surface area contributed by atoms with Crippen molar-refractivity contribution < 1.29 is 28.2 Å². The van der Waals surface area contributed by atoms with Gasteiger partial charge in [0, 0.05) is 25.2 Å². The fraction of sp³-hybridized carbons (Fsp3) is 0.296. The summed E-state index contributed by atoms with van der Waals surface area (Å²) < 4.78 is 30.2. The number of hydrogen-bond donors (Lipinski definition) is 2. The van der Waals surface area contributed by atoms with E-state index in [2.05, 4.69) is 10.3 Å². The summed E-state index contributed by atoms with van der Waals surface area (Å²) in [5, 5.41) is 3.29. The zero-order valence-corrected chi connectivity index (χ0v) is 20.9. The van der Waals surface area contributed by atoms with Gasteiger partial charge in [-0.2, -0.15) is 0 Å². The van der Waals surface area contributed by atoms with Gasteiger partial charge in [-0.15, -0.1) is 0 Å². The highest BCUT2D eigenvalue weighted by molar-refractivity contribution is 5.96. The highest BCUT2D eigenvalue weighted by Gasteiger charge is 2.30. The van der Waals surface area contributed by atoms with Gasteiger partial charge in [0.2, 0.25) is 5.88 Å². The first-order chi connectivity index (χ1) is 17.6. The van der Waals surface area contributed by atoms with Crippen LogP contribution < -0.4 is 20.5 Å². The number of likely N-dealkylation sites (tertiary alicyclic amines) is 1.